The number of methoxy groups -OCH3 is 1. The second-order valence-electron chi connectivity index (χ2n) is 2.71. The van der Waals surface area contributed by atoms with Gasteiger partial charge in [-0.1, -0.05) is 18.2 Å². The van der Waals surface area contributed by atoms with Crippen LogP contribution in [0.5, 0.6) is 0 Å². The molecule has 0 spiro atoms. The van der Waals surface area contributed by atoms with Crippen LogP contribution in [0, 0.1) is 0 Å². The average Bonchev–Trinajstić information content (AvgIpc) is 2.30. The first-order valence-electron chi connectivity index (χ1n) is 4.45. The minimum absolute atomic E-state index is 0.298. The van der Waals surface area contributed by atoms with Crippen molar-refractivity contribution < 1.29 is 9.53 Å². The maximum Gasteiger partial charge on any atom is 0.350 e. The van der Waals surface area contributed by atoms with Gasteiger partial charge in [-0.05, 0) is 24.4 Å². The molecule has 16 heavy (non-hydrogen) atoms. The fourth-order valence-corrected chi connectivity index (χ4v) is 1.05. The minimum atomic E-state index is -0.546. The first-order valence-corrected chi connectivity index (χ1v) is 4.86. The molecule has 0 aliphatic rings. The van der Waals surface area contributed by atoms with Crippen LogP contribution in [-0.4, -0.2) is 24.4 Å². The SMILES string of the molecule is COC(=O)/C=N/NC(=S)Nc1ccccc1. The van der Waals surface area contributed by atoms with E-state index in [-0.39, 0.29) is 0 Å². The lowest BCUT2D eigenvalue weighted by molar-refractivity contribution is -0.132. The summed E-state index contributed by atoms with van der Waals surface area (Å²) >= 11 is 4.94. The molecule has 0 amide bonds. The Morgan fingerprint density at radius 3 is 2.75 bits per heavy atom. The first-order chi connectivity index (χ1) is 7.72. The summed E-state index contributed by atoms with van der Waals surface area (Å²) in [5.74, 6) is -0.546. The van der Waals surface area contributed by atoms with Gasteiger partial charge in [0.1, 0.15) is 6.21 Å². The van der Waals surface area contributed by atoms with Crippen LogP contribution in [0.3, 0.4) is 0 Å². The summed E-state index contributed by atoms with van der Waals surface area (Å²) in [6.45, 7) is 0. The van der Waals surface area contributed by atoms with Crippen LogP contribution in [0.4, 0.5) is 5.69 Å². The van der Waals surface area contributed by atoms with E-state index in [9.17, 15) is 4.79 Å². The number of hydrogen-bond donors (Lipinski definition) is 2. The zero-order chi connectivity index (χ0) is 11.8. The Hall–Kier alpha value is -1.95. The summed E-state index contributed by atoms with van der Waals surface area (Å²) in [5.41, 5.74) is 3.33. The Morgan fingerprint density at radius 1 is 1.44 bits per heavy atom. The monoisotopic (exact) mass is 237 g/mol. The fourth-order valence-electron chi connectivity index (χ4n) is 0.877. The van der Waals surface area contributed by atoms with Crippen LogP contribution >= 0.6 is 12.2 Å². The summed E-state index contributed by atoms with van der Waals surface area (Å²) in [5, 5.41) is 6.77. The number of carbonyl (C=O) groups is 1. The molecule has 0 aliphatic heterocycles. The topological polar surface area (TPSA) is 62.7 Å². The van der Waals surface area contributed by atoms with Gasteiger partial charge in [0.05, 0.1) is 7.11 Å². The van der Waals surface area contributed by atoms with Gasteiger partial charge in [0.15, 0.2) is 5.11 Å². The Morgan fingerprint density at radius 2 is 2.12 bits per heavy atom. The molecular weight excluding hydrogens is 226 g/mol. The number of carbonyl (C=O) groups excluding carboxylic acids is 1. The minimum Gasteiger partial charge on any atom is -0.465 e. The molecule has 0 aromatic heterocycles. The molecule has 0 saturated heterocycles. The highest BCUT2D eigenvalue weighted by molar-refractivity contribution is 7.80. The number of benzene rings is 1. The van der Waals surface area contributed by atoms with E-state index in [2.05, 4.69) is 20.6 Å². The average molecular weight is 237 g/mol. The number of para-hydroxylation sites is 1. The molecule has 0 heterocycles. The lowest BCUT2D eigenvalue weighted by Crippen LogP contribution is -2.24. The van der Waals surface area contributed by atoms with Gasteiger partial charge >= 0.3 is 5.97 Å². The van der Waals surface area contributed by atoms with E-state index >= 15 is 0 Å². The summed E-state index contributed by atoms with van der Waals surface area (Å²) in [4.78, 5) is 10.7. The maximum atomic E-state index is 10.7. The Balaban J connectivity index is 2.37. The van der Waals surface area contributed by atoms with E-state index < -0.39 is 5.97 Å². The number of hydrogen-bond acceptors (Lipinski definition) is 4. The number of nitrogens with one attached hydrogen (secondary N) is 2. The van der Waals surface area contributed by atoms with Crippen molar-refractivity contribution in [3.63, 3.8) is 0 Å². The van der Waals surface area contributed by atoms with Crippen LogP contribution in [0.15, 0.2) is 35.4 Å². The standard InChI is InChI=1S/C10H11N3O2S/c1-15-9(14)7-11-13-10(16)12-8-5-3-2-4-6-8/h2-7H,1H3,(H2,12,13,16)/b11-7+. The molecule has 0 aliphatic carbocycles. The predicted molar refractivity (Wildman–Crippen MR) is 66.3 cm³/mol. The molecule has 6 heteroatoms. The van der Waals surface area contributed by atoms with Crippen molar-refractivity contribution in [2.45, 2.75) is 0 Å². The van der Waals surface area contributed by atoms with Gasteiger partial charge in [-0.3, -0.25) is 5.43 Å². The number of anilines is 1. The molecule has 5 nitrogen and oxygen atoms in total. The molecule has 1 aromatic rings. The van der Waals surface area contributed by atoms with Gasteiger partial charge in [-0.15, -0.1) is 0 Å². The molecular formula is C10H11N3O2S. The van der Waals surface area contributed by atoms with E-state index in [1.807, 2.05) is 30.3 Å². The maximum absolute atomic E-state index is 10.7. The molecule has 2 N–H and O–H groups in total. The van der Waals surface area contributed by atoms with Crippen molar-refractivity contribution in [3.05, 3.63) is 30.3 Å². The molecule has 0 radical (unpaired) electrons. The molecule has 0 saturated carbocycles. The third kappa shape index (κ3) is 4.52. The highest BCUT2D eigenvalue weighted by Gasteiger charge is 1.95. The lowest BCUT2D eigenvalue weighted by Gasteiger charge is -2.05. The summed E-state index contributed by atoms with van der Waals surface area (Å²) in [6, 6.07) is 9.37. The number of thiocarbonyl (C=S) groups is 1. The molecule has 1 aromatic carbocycles. The highest BCUT2D eigenvalue weighted by Crippen LogP contribution is 2.03. The number of nitrogens with zero attached hydrogens (tertiary/aromatic N) is 1. The molecule has 0 fully saturated rings. The van der Waals surface area contributed by atoms with Gasteiger partial charge in [-0.25, -0.2) is 4.79 Å². The van der Waals surface area contributed by atoms with Crippen LogP contribution in [0.1, 0.15) is 0 Å². The van der Waals surface area contributed by atoms with Gasteiger partial charge in [-0.2, -0.15) is 5.10 Å². The van der Waals surface area contributed by atoms with Gasteiger partial charge in [0, 0.05) is 5.69 Å². The van der Waals surface area contributed by atoms with Crippen LogP contribution in [0.25, 0.3) is 0 Å². The van der Waals surface area contributed by atoms with E-state index in [0.717, 1.165) is 11.9 Å². The Bertz CT molecular complexity index is 392. The van der Waals surface area contributed by atoms with Crippen LogP contribution in [0.2, 0.25) is 0 Å². The zero-order valence-corrected chi connectivity index (χ0v) is 9.45. The Labute approximate surface area is 98.5 Å². The highest BCUT2D eigenvalue weighted by atomic mass is 32.1. The van der Waals surface area contributed by atoms with E-state index in [0.29, 0.717) is 5.11 Å². The van der Waals surface area contributed by atoms with Crippen LogP contribution in [-0.2, 0) is 9.53 Å². The third-order valence-corrected chi connectivity index (χ3v) is 1.76. The van der Waals surface area contributed by atoms with Crippen LogP contribution < -0.4 is 10.7 Å². The second kappa shape index (κ2) is 6.52. The van der Waals surface area contributed by atoms with Gasteiger partial charge < -0.3 is 10.1 Å². The van der Waals surface area contributed by atoms with Crippen molar-refractivity contribution in [3.8, 4) is 0 Å². The van der Waals surface area contributed by atoms with Crippen molar-refractivity contribution in [1.29, 1.82) is 0 Å². The largest absolute Gasteiger partial charge is 0.465 e. The van der Waals surface area contributed by atoms with E-state index in [1.165, 1.54) is 7.11 Å². The molecule has 0 bridgehead atoms. The van der Waals surface area contributed by atoms with Crippen molar-refractivity contribution in [2.75, 3.05) is 12.4 Å². The number of ether oxygens (including phenoxy) is 1. The molecule has 1 rings (SSSR count). The lowest BCUT2D eigenvalue weighted by atomic mass is 10.3. The zero-order valence-electron chi connectivity index (χ0n) is 8.64. The summed E-state index contributed by atoms with van der Waals surface area (Å²) < 4.78 is 4.36. The first kappa shape index (κ1) is 12.1. The fraction of sp³-hybridized carbons (Fsp3) is 0.100. The smallest absolute Gasteiger partial charge is 0.350 e. The predicted octanol–water partition coefficient (Wildman–Crippen LogP) is 1.13. The van der Waals surface area contributed by atoms with Crippen molar-refractivity contribution in [2.24, 2.45) is 5.10 Å². The molecule has 0 unspecified atom stereocenters. The Kier molecular flexibility index (Phi) is 4.94. The number of rotatable bonds is 3. The third-order valence-electron chi connectivity index (χ3n) is 1.57. The number of esters is 1. The summed E-state index contributed by atoms with van der Waals surface area (Å²) in [6.07, 6.45) is 0.999. The quantitative estimate of drug-likeness (QED) is 0.357. The van der Waals surface area contributed by atoms with E-state index in [4.69, 9.17) is 12.2 Å². The van der Waals surface area contributed by atoms with Gasteiger partial charge in [0.25, 0.3) is 0 Å². The van der Waals surface area contributed by atoms with Crippen molar-refractivity contribution in [1.82, 2.24) is 5.43 Å². The summed E-state index contributed by atoms with van der Waals surface area (Å²) in [7, 11) is 1.27. The van der Waals surface area contributed by atoms with Crippen molar-refractivity contribution >= 4 is 35.2 Å². The normalized spacial score (nSPS) is 9.81. The van der Waals surface area contributed by atoms with Gasteiger partial charge in [0.2, 0.25) is 0 Å². The van der Waals surface area contributed by atoms with E-state index in [1.54, 1.807) is 0 Å². The second-order valence-corrected chi connectivity index (χ2v) is 3.12. The molecule has 0 atom stereocenters. The number of hydrazone groups is 1. The molecule has 84 valence electrons.